The van der Waals surface area contributed by atoms with E-state index in [0.29, 0.717) is 6.42 Å². The molecule has 98 valence electrons. The van der Waals surface area contributed by atoms with E-state index in [2.05, 4.69) is 11.8 Å². The lowest BCUT2D eigenvalue weighted by atomic mass is 9.92. The highest BCUT2D eigenvalue weighted by atomic mass is 16.4. The first kappa shape index (κ1) is 12.9. The van der Waals surface area contributed by atoms with Crippen LogP contribution in [0, 0.1) is 5.41 Å². The van der Waals surface area contributed by atoms with Gasteiger partial charge in [-0.05, 0) is 37.6 Å². The van der Waals surface area contributed by atoms with Gasteiger partial charge in [-0.2, -0.15) is 0 Å². The van der Waals surface area contributed by atoms with Crippen molar-refractivity contribution in [3.63, 3.8) is 0 Å². The highest BCUT2D eigenvalue weighted by Gasteiger charge is 2.46. The Balaban J connectivity index is 1.88. The average Bonchev–Trinajstić information content (AvgIpc) is 3.06. The van der Waals surface area contributed by atoms with Crippen LogP contribution in [0.1, 0.15) is 58.3 Å². The molecule has 3 heteroatoms. The van der Waals surface area contributed by atoms with E-state index in [4.69, 9.17) is 5.11 Å². The summed E-state index contributed by atoms with van der Waals surface area (Å²) >= 11 is 0. The third kappa shape index (κ3) is 3.44. The van der Waals surface area contributed by atoms with Crippen LogP contribution in [0.2, 0.25) is 0 Å². The van der Waals surface area contributed by atoms with Gasteiger partial charge in [0, 0.05) is 12.6 Å². The van der Waals surface area contributed by atoms with Gasteiger partial charge in [-0.1, -0.05) is 26.2 Å². The van der Waals surface area contributed by atoms with Gasteiger partial charge in [-0.3, -0.25) is 4.79 Å². The molecule has 2 aliphatic rings. The molecule has 3 nitrogen and oxygen atoms in total. The van der Waals surface area contributed by atoms with E-state index in [1.165, 1.54) is 32.1 Å². The number of hydrogen-bond donors (Lipinski definition) is 1. The molecule has 1 N–H and O–H groups in total. The summed E-state index contributed by atoms with van der Waals surface area (Å²) in [5, 5.41) is 8.97. The van der Waals surface area contributed by atoms with Gasteiger partial charge in [0.25, 0.3) is 0 Å². The molecule has 0 unspecified atom stereocenters. The van der Waals surface area contributed by atoms with Gasteiger partial charge in [0.05, 0.1) is 6.42 Å². The summed E-state index contributed by atoms with van der Waals surface area (Å²) in [4.78, 5) is 13.4. The SMILES string of the molecule is CCN(CC1(CC(=O)O)CC1)C1CCCCC1. The second-order valence-electron chi connectivity index (χ2n) is 5.93. The van der Waals surface area contributed by atoms with E-state index >= 15 is 0 Å². The number of carboxylic acids is 1. The first-order valence-corrected chi connectivity index (χ1v) is 7.11. The molecule has 0 heterocycles. The minimum absolute atomic E-state index is 0.124. The Morgan fingerprint density at radius 2 is 1.94 bits per heavy atom. The Hall–Kier alpha value is -0.570. The third-order valence-electron chi connectivity index (χ3n) is 4.52. The van der Waals surface area contributed by atoms with Crippen molar-refractivity contribution in [3.8, 4) is 0 Å². The molecule has 0 atom stereocenters. The van der Waals surface area contributed by atoms with Crippen molar-refractivity contribution >= 4 is 5.97 Å². The molecule has 0 bridgehead atoms. The van der Waals surface area contributed by atoms with Crippen molar-refractivity contribution < 1.29 is 9.90 Å². The number of rotatable bonds is 6. The minimum Gasteiger partial charge on any atom is -0.481 e. The Morgan fingerprint density at radius 1 is 1.29 bits per heavy atom. The molecule has 0 amide bonds. The van der Waals surface area contributed by atoms with Crippen LogP contribution in [-0.2, 0) is 4.79 Å². The predicted molar refractivity (Wildman–Crippen MR) is 68.0 cm³/mol. The van der Waals surface area contributed by atoms with Crippen molar-refractivity contribution in [2.24, 2.45) is 5.41 Å². The van der Waals surface area contributed by atoms with Crippen LogP contribution in [0.5, 0.6) is 0 Å². The molecule has 17 heavy (non-hydrogen) atoms. The van der Waals surface area contributed by atoms with Crippen molar-refractivity contribution in [3.05, 3.63) is 0 Å². The topological polar surface area (TPSA) is 40.5 Å². The second kappa shape index (κ2) is 5.38. The molecule has 0 aromatic rings. The van der Waals surface area contributed by atoms with Crippen LogP contribution in [0.15, 0.2) is 0 Å². The molecule has 2 fully saturated rings. The van der Waals surface area contributed by atoms with Crippen LogP contribution in [0.3, 0.4) is 0 Å². The fraction of sp³-hybridized carbons (Fsp3) is 0.929. The van der Waals surface area contributed by atoms with Crippen molar-refractivity contribution in [2.45, 2.75) is 64.3 Å². The fourth-order valence-electron chi connectivity index (χ4n) is 3.26. The van der Waals surface area contributed by atoms with Gasteiger partial charge in [0.2, 0.25) is 0 Å². The first-order valence-electron chi connectivity index (χ1n) is 7.11. The number of carboxylic acid groups (broad SMARTS) is 1. The summed E-state index contributed by atoms with van der Waals surface area (Å²) in [6.07, 6.45) is 9.32. The van der Waals surface area contributed by atoms with E-state index in [1.54, 1.807) is 0 Å². The van der Waals surface area contributed by atoms with Gasteiger partial charge in [-0.25, -0.2) is 0 Å². The number of nitrogens with zero attached hydrogens (tertiary/aromatic N) is 1. The number of aliphatic carboxylic acids is 1. The van der Waals surface area contributed by atoms with Crippen molar-refractivity contribution in [1.29, 1.82) is 0 Å². The maximum atomic E-state index is 10.9. The molecular weight excluding hydrogens is 214 g/mol. The van der Waals surface area contributed by atoms with Crippen LogP contribution in [0.25, 0.3) is 0 Å². The molecule has 0 radical (unpaired) electrons. The standard InChI is InChI=1S/C14H25NO2/c1-2-15(12-6-4-3-5-7-12)11-14(8-9-14)10-13(16)17/h12H,2-11H2,1H3,(H,16,17). The third-order valence-corrected chi connectivity index (χ3v) is 4.52. The normalized spacial score (nSPS) is 23.9. The lowest BCUT2D eigenvalue weighted by Crippen LogP contribution is -2.40. The molecular formula is C14H25NO2. The lowest BCUT2D eigenvalue weighted by Gasteiger charge is -2.35. The summed E-state index contributed by atoms with van der Waals surface area (Å²) < 4.78 is 0. The van der Waals surface area contributed by atoms with Gasteiger partial charge in [-0.15, -0.1) is 0 Å². The average molecular weight is 239 g/mol. The smallest absolute Gasteiger partial charge is 0.303 e. The molecule has 2 rings (SSSR count). The molecule has 0 spiro atoms. The largest absolute Gasteiger partial charge is 0.481 e. The molecule has 0 aromatic heterocycles. The lowest BCUT2D eigenvalue weighted by molar-refractivity contribution is -0.138. The fourth-order valence-corrected chi connectivity index (χ4v) is 3.26. The predicted octanol–water partition coefficient (Wildman–Crippen LogP) is 2.90. The van der Waals surface area contributed by atoms with Crippen LogP contribution in [0.4, 0.5) is 0 Å². The summed E-state index contributed by atoms with van der Waals surface area (Å²) in [5.74, 6) is -0.623. The van der Waals surface area contributed by atoms with Gasteiger partial charge >= 0.3 is 5.97 Å². The Bertz CT molecular complexity index is 267. The zero-order valence-corrected chi connectivity index (χ0v) is 11.0. The molecule has 0 aromatic carbocycles. The first-order chi connectivity index (χ1) is 8.15. The highest BCUT2D eigenvalue weighted by molar-refractivity contribution is 5.68. The van der Waals surface area contributed by atoms with E-state index in [1.807, 2.05) is 0 Å². The van der Waals surface area contributed by atoms with E-state index in [0.717, 1.165) is 32.0 Å². The van der Waals surface area contributed by atoms with E-state index in [9.17, 15) is 4.79 Å². The molecule has 2 aliphatic carbocycles. The molecule has 0 saturated heterocycles. The second-order valence-corrected chi connectivity index (χ2v) is 5.93. The van der Waals surface area contributed by atoms with Crippen LogP contribution >= 0.6 is 0 Å². The van der Waals surface area contributed by atoms with E-state index in [-0.39, 0.29) is 5.41 Å². The van der Waals surface area contributed by atoms with Crippen LogP contribution in [-0.4, -0.2) is 35.1 Å². The highest BCUT2D eigenvalue weighted by Crippen LogP contribution is 2.49. The van der Waals surface area contributed by atoms with Crippen molar-refractivity contribution in [1.82, 2.24) is 4.90 Å². The Morgan fingerprint density at radius 3 is 2.41 bits per heavy atom. The maximum absolute atomic E-state index is 10.9. The Kier molecular flexibility index (Phi) is 4.08. The van der Waals surface area contributed by atoms with Crippen LogP contribution < -0.4 is 0 Å². The monoisotopic (exact) mass is 239 g/mol. The minimum atomic E-state index is -0.623. The summed E-state index contributed by atoms with van der Waals surface area (Å²) in [7, 11) is 0. The number of hydrogen-bond acceptors (Lipinski definition) is 2. The zero-order chi connectivity index (χ0) is 12.3. The van der Waals surface area contributed by atoms with Gasteiger partial charge < -0.3 is 10.0 Å². The maximum Gasteiger partial charge on any atom is 0.303 e. The molecule has 2 saturated carbocycles. The van der Waals surface area contributed by atoms with Crippen molar-refractivity contribution in [2.75, 3.05) is 13.1 Å². The molecule has 0 aliphatic heterocycles. The zero-order valence-electron chi connectivity index (χ0n) is 11.0. The van der Waals surface area contributed by atoms with Gasteiger partial charge in [0.1, 0.15) is 0 Å². The number of carbonyl (C=O) groups is 1. The quantitative estimate of drug-likeness (QED) is 0.774. The summed E-state index contributed by atoms with van der Waals surface area (Å²) in [6, 6.07) is 0.722. The van der Waals surface area contributed by atoms with E-state index < -0.39 is 5.97 Å². The summed E-state index contributed by atoms with van der Waals surface area (Å²) in [6.45, 7) is 4.30. The summed E-state index contributed by atoms with van der Waals surface area (Å²) in [5.41, 5.74) is 0.124. The Labute approximate surface area is 104 Å². The van der Waals surface area contributed by atoms with Gasteiger partial charge in [0.15, 0.2) is 0 Å².